The number of hydrogen-bond acceptors (Lipinski definition) is 1. The molecular formula is C6H11FIN. The Hall–Kier alpha value is 0.620. The van der Waals surface area contributed by atoms with Crippen LogP contribution in [0.5, 0.6) is 0 Å². The monoisotopic (exact) mass is 243 g/mol. The Morgan fingerprint density at radius 2 is 2.33 bits per heavy atom. The van der Waals surface area contributed by atoms with Crippen LogP contribution in [-0.4, -0.2) is 35.1 Å². The van der Waals surface area contributed by atoms with Gasteiger partial charge in [0.1, 0.15) is 6.17 Å². The molecule has 54 valence electrons. The number of piperidine rings is 1. The molecule has 1 rings (SSSR count). The minimum atomic E-state index is -0.607. The molecular weight excluding hydrogens is 232 g/mol. The molecule has 1 saturated heterocycles. The van der Waals surface area contributed by atoms with Crippen LogP contribution < -0.4 is 0 Å². The average molecular weight is 243 g/mol. The van der Waals surface area contributed by atoms with Gasteiger partial charge in [-0.1, -0.05) is 22.6 Å². The van der Waals surface area contributed by atoms with Gasteiger partial charge < -0.3 is 4.90 Å². The molecule has 1 nitrogen and oxygen atoms in total. The number of hydrogen-bond donors (Lipinski definition) is 0. The van der Waals surface area contributed by atoms with E-state index in [9.17, 15) is 4.39 Å². The van der Waals surface area contributed by atoms with E-state index in [0.29, 0.717) is 6.54 Å². The van der Waals surface area contributed by atoms with E-state index in [4.69, 9.17) is 0 Å². The van der Waals surface area contributed by atoms with Gasteiger partial charge in [-0.05, 0) is 20.0 Å². The van der Waals surface area contributed by atoms with Crippen molar-refractivity contribution in [2.24, 2.45) is 0 Å². The predicted molar refractivity (Wildman–Crippen MR) is 44.8 cm³/mol. The number of nitrogens with zero attached hydrogens (tertiary/aromatic N) is 1. The van der Waals surface area contributed by atoms with Gasteiger partial charge in [-0.25, -0.2) is 4.39 Å². The van der Waals surface area contributed by atoms with Crippen LogP contribution in [-0.2, 0) is 0 Å². The fourth-order valence-electron chi connectivity index (χ4n) is 1.03. The van der Waals surface area contributed by atoms with Crippen molar-refractivity contribution in [3.05, 3.63) is 0 Å². The zero-order chi connectivity index (χ0) is 6.85. The standard InChI is InChI=1S/C6H11FIN/c1-9-3-2-6(8)5(7)4-9/h5-6H,2-4H2,1H3/t5-,6+/m1/s1. The first kappa shape index (κ1) is 7.72. The Bertz CT molecular complexity index is 99.1. The summed E-state index contributed by atoms with van der Waals surface area (Å²) in [5.41, 5.74) is 0. The van der Waals surface area contributed by atoms with Gasteiger partial charge in [-0.15, -0.1) is 0 Å². The maximum absolute atomic E-state index is 12.8. The summed E-state index contributed by atoms with van der Waals surface area (Å²) < 4.78 is 13.0. The molecule has 0 aromatic rings. The first-order valence-electron chi connectivity index (χ1n) is 3.17. The van der Waals surface area contributed by atoms with Crippen molar-refractivity contribution < 1.29 is 4.39 Å². The zero-order valence-electron chi connectivity index (χ0n) is 5.48. The first-order chi connectivity index (χ1) is 4.20. The van der Waals surface area contributed by atoms with E-state index < -0.39 is 6.17 Å². The normalized spacial score (nSPS) is 39.0. The van der Waals surface area contributed by atoms with E-state index in [0.717, 1.165) is 13.0 Å². The second-order valence-corrected chi connectivity index (χ2v) is 4.18. The average Bonchev–Trinajstić information content (AvgIpc) is 1.80. The topological polar surface area (TPSA) is 3.24 Å². The van der Waals surface area contributed by atoms with Crippen LogP contribution in [0.4, 0.5) is 4.39 Å². The zero-order valence-corrected chi connectivity index (χ0v) is 7.64. The Labute approximate surface area is 68.7 Å². The molecule has 0 radical (unpaired) electrons. The summed E-state index contributed by atoms with van der Waals surface area (Å²) >= 11 is 2.19. The molecule has 0 saturated carbocycles. The van der Waals surface area contributed by atoms with Crippen LogP contribution in [0.15, 0.2) is 0 Å². The predicted octanol–water partition coefficient (Wildman–Crippen LogP) is 1.46. The number of likely N-dealkylation sites (tertiary alicyclic amines) is 1. The Morgan fingerprint density at radius 3 is 2.78 bits per heavy atom. The van der Waals surface area contributed by atoms with Crippen LogP contribution >= 0.6 is 22.6 Å². The smallest absolute Gasteiger partial charge is 0.124 e. The molecule has 1 aliphatic heterocycles. The molecule has 1 heterocycles. The van der Waals surface area contributed by atoms with E-state index in [1.807, 2.05) is 11.9 Å². The van der Waals surface area contributed by atoms with Crippen molar-refractivity contribution in [2.45, 2.75) is 16.5 Å². The highest BCUT2D eigenvalue weighted by Gasteiger charge is 2.24. The van der Waals surface area contributed by atoms with Crippen molar-refractivity contribution in [2.75, 3.05) is 20.1 Å². The van der Waals surface area contributed by atoms with Crippen LogP contribution in [0.1, 0.15) is 6.42 Å². The summed E-state index contributed by atoms with van der Waals surface area (Å²) in [4.78, 5) is 2.04. The number of halogens is 2. The fraction of sp³-hybridized carbons (Fsp3) is 1.00. The lowest BCUT2D eigenvalue weighted by atomic mass is 10.1. The molecule has 0 aliphatic carbocycles. The Kier molecular flexibility index (Phi) is 2.70. The van der Waals surface area contributed by atoms with Crippen LogP contribution in [0.25, 0.3) is 0 Å². The summed E-state index contributed by atoms with van der Waals surface area (Å²) in [6, 6.07) is 0. The van der Waals surface area contributed by atoms with E-state index in [-0.39, 0.29) is 3.92 Å². The molecule has 0 bridgehead atoms. The Balaban J connectivity index is 2.35. The minimum Gasteiger partial charge on any atom is -0.303 e. The van der Waals surface area contributed by atoms with E-state index >= 15 is 0 Å². The lowest BCUT2D eigenvalue weighted by Gasteiger charge is -2.28. The lowest BCUT2D eigenvalue weighted by Crippen LogP contribution is -2.39. The molecule has 0 spiro atoms. The van der Waals surface area contributed by atoms with Gasteiger partial charge >= 0.3 is 0 Å². The third kappa shape index (κ3) is 2.04. The Morgan fingerprint density at radius 1 is 1.67 bits per heavy atom. The van der Waals surface area contributed by atoms with Gasteiger partial charge in [0.2, 0.25) is 0 Å². The van der Waals surface area contributed by atoms with Crippen LogP contribution in [0, 0.1) is 0 Å². The molecule has 0 aromatic carbocycles. The quantitative estimate of drug-likeness (QED) is 0.460. The van der Waals surface area contributed by atoms with Crippen LogP contribution in [0.3, 0.4) is 0 Å². The highest BCUT2D eigenvalue weighted by molar-refractivity contribution is 14.1. The van der Waals surface area contributed by atoms with E-state index in [1.165, 1.54) is 0 Å². The molecule has 0 unspecified atom stereocenters. The molecule has 0 amide bonds. The highest BCUT2D eigenvalue weighted by atomic mass is 127. The minimum absolute atomic E-state index is 0.249. The van der Waals surface area contributed by atoms with Crippen LogP contribution in [0.2, 0.25) is 0 Å². The van der Waals surface area contributed by atoms with Crippen molar-refractivity contribution in [3.63, 3.8) is 0 Å². The summed E-state index contributed by atoms with van der Waals surface area (Å²) in [6.45, 7) is 1.67. The molecule has 3 heteroatoms. The van der Waals surface area contributed by atoms with Crippen molar-refractivity contribution in [1.29, 1.82) is 0 Å². The van der Waals surface area contributed by atoms with Gasteiger partial charge in [0, 0.05) is 10.5 Å². The van der Waals surface area contributed by atoms with Gasteiger partial charge in [-0.3, -0.25) is 0 Å². The first-order valence-corrected chi connectivity index (χ1v) is 4.41. The largest absolute Gasteiger partial charge is 0.303 e. The third-order valence-corrected chi connectivity index (χ3v) is 3.07. The highest BCUT2D eigenvalue weighted by Crippen LogP contribution is 2.19. The van der Waals surface area contributed by atoms with Gasteiger partial charge in [0.15, 0.2) is 0 Å². The summed E-state index contributed by atoms with van der Waals surface area (Å²) in [6.07, 6.45) is 0.391. The van der Waals surface area contributed by atoms with Gasteiger partial charge in [0.25, 0.3) is 0 Å². The van der Waals surface area contributed by atoms with Gasteiger partial charge in [0.05, 0.1) is 0 Å². The lowest BCUT2D eigenvalue weighted by molar-refractivity contribution is 0.175. The molecule has 0 aromatic heterocycles. The summed E-state index contributed by atoms with van der Waals surface area (Å²) in [7, 11) is 1.97. The summed E-state index contributed by atoms with van der Waals surface area (Å²) in [5.74, 6) is 0. The summed E-state index contributed by atoms with van der Waals surface area (Å²) in [5, 5.41) is 0. The maximum atomic E-state index is 12.8. The van der Waals surface area contributed by atoms with Gasteiger partial charge in [-0.2, -0.15) is 0 Å². The third-order valence-electron chi connectivity index (χ3n) is 1.67. The van der Waals surface area contributed by atoms with Crippen molar-refractivity contribution in [3.8, 4) is 0 Å². The fourth-order valence-corrected chi connectivity index (χ4v) is 1.53. The number of rotatable bonds is 0. The van der Waals surface area contributed by atoms with E-state index in [2.05, 4.69) is 22.6 Å². The molecule has 2 atom stereocenters. The molecule has 1 fully saturated rings. The molecule has 1 aliphatic rings. The maximum Gasteiger partial charge on any atom is 0.124 e. The number of alkyl halides is 2. The van der Waals surface area contributed by atoms with Crippen molar-refractivity contribution >= 4 is 22.6 Å². The second-order valence-electron chi connectivity index (χ2n) is 2.58. The second kappa shape index (κ2) is 3.14. The molecule has 9 heavy (non-hydrogen) atoms. The SMILES string of the molecule is CN1CC[C@H](I)[C@H](F)C1. The van der Waals surface area contributed by atoms with Crippen molar-refractivity contribution in [1.82, 2.24) is 4.90 Å². The van der Waals surface area contributed by atoms with E-state index in [1.54, 1.807) is 0 Å². The molecule has 0 N–H and O–H groups in total.